The van der Waals surface area contributed by atoms with Crippen LogP contribution < -0.4 is 5.32 Å². The maximum Gasteiger partial charge on any atom is 0.0623 e. The summed E-state index contributed by atoms with van der Waals surface area (Å²) in [6, 6.07) is 0.602. The van der Waals surface area contributed by atoms with E-state index < -0.39 is 0 Å². The molecule has 0 saturated heterocycles. The molecule has 0 rings (SSSR count). The van der Waals surface area contributed by atoms with Gasteiger partial charge in [-0.3, -0.25) is 0 Å². The smallest absolute Gasteiger partial charge is 0.0623 e. The summed E-state index contributed by atoms with van der Waals surface area (Å²) in [7, 11) is 3.86. The summed E-state index contributed by atoms with van der Waals surface area (Å²) < 4.78 is 5.46. The zero-order valence-electron chi connectivity index (χ0n) is 12.7. The maximum atomic E-state index is 5.46. The topological polar surface area (TPSA) is 24.5 Å². The Balaban J connectivity index is 3.91. The van der Waals surface area contributed by atoms with E-state index in [0.29, 0.717) is 6.04 Å². The summed E-state index contributed by atoms with van der Waals surface area (Å²) in [5.74, 6) is 0. The molecule has 3 nitrogen and oxygen atoms in total. The number of hydrogen-bond acceptors (Lipinski definition) is 3. The number of hydrogen-bond donors (Lipinski definition) is 1. The van der Waals surface area contributed by atoms with Crippen molar-refractivity contribution in [3.8, 4) is 0 Å². The molecule has 104 valence electrons. The van der Waals surface area contributed by atoms with Gasteiger partial charge in [-0.05, 0) is 59.8 Å². The fraction of sp³-hybridized carbons (Fsp3) is 1.00. The van der Waals surface area contributed by atoms with Gasteiger partial charge in [0.2, 0.25) is 0 Å². The Kier molecular flexibility index (Phi) is 8.83. The van der Waals surface area contributed by atoms with Gasteiger partial charge in [0, 0.05) is 13.2 Å². The van der Waals surface area contributed by atoms with E-state index in [2.05, 4.69) is 45.0 Å². The molecule has 0 aromatic carbocycles. The van der Waals surface area contributed by atoms with Crippen molar-refractivity contribution < 1.29 is 4.74 Å². The quantitative estimate of drug-likeness (QED) is 0.639. The van der Waals surface area contributed by atoms with Crippen LogP contribution in [0.1, 0.15) is 47.0 Å². The molecule has 1 atom stereocenters. The van der Waals surface area contributed by atoms with Crippen LogP contribution in [0.4, 0.5) is 0 Å². The summed E-state index contributed by atoms with van der Waals surface area (Å²) in [5, 5.41) is 3.42. The Morgan fingerprint density at radius 3 is 2.18 bits per heavy atom. The van der Waals surface area contributed by atoms with Crippen molar-refractivity contribution in [2.24, 2.45) is 0 Å². The molecule has 0 saturated carbocycles. The highest BCUT2D eigenvalue weighted by Gasteiger charge is 2.18. The largest absolute Gasteiger partial charge is 0.379 e. The van der Waals surface area contributed by atoms with Crippen molar-refractivity contribution in [2.45, 2.75) is 58.6 Å². The third-order valence-corrected chi connectivity index (χ3v) is 3.74. The van der Waals surface area contributed by atoms with Crippen LogP contribution in [0.5, 0.6) is 0 Å². The fourth-order valence-electron chi connectivity index (χ4n) is 1.94. The van der Waals surface area contributed by atoms with Gasteiger partial charge in [0.15, 0.2) is 0 Å². The lowest BCUT2D eigenvalue weighted by Gasteiger charge is -2.27. The highest BCUT2D eigenvalue weighted by atomic mass is 16.5. The van der Waals surface area contributed by atoms with Gasteiger partial charge < -0.3 is 15.0 Å². The standard InChI is InChI=1S/C14H32N2O/c1-7-16(8-2)12-10-13(15-5)9-11-14(3,4)17-6/h13,15H,7-12H2,1-6H3. The monoisotopic (exact) mass is 244 g/mol. The van der Waals surface area contributed by atoms with Gasteiger partial charge in [-0.1, -0.05) is 13.8 Å². The molecule has 0 heterocycles. The molecule has 0 spiro atoms. The molecule has 0 amide bonds. The first-order valence-electron chi connectivity index (χ1n) is 6.93. The number of rotatable bonds is 10. The molecule has 0 bridgehead atoms. The predicted octanol–water partition coefficient (Wildman–Crippen LogP) is 2.51. The van der Waals surface area contributed by atoms with Crippen LogP contribution in [0.25, 0.3) is 0 Å². The van der Waals surface area contributed by atoms with E-state index >= 15 is 0 Å². The maximum absolute atomic E-state index is 5.46. The summed E-state index contributed by atoms with van der Waals surface area (Å²) in [6.45, 7) is 12.3. The molecular weight excluding hydrogens is 212 g/mol. The van der Waals surface area contributed by atoms with Gasteiger partial charge >= 0.3 is 0 Å². The van der Waals surface area contributed by atoms with E-state index in [-0.39, 0.29) is 5.60 Å². The second-order valence-electron chi connectivity index (χ2n) is 5.30. The molecule has 1 unspecified atom stereocenters. The van der Waals surface area contributed by atoms with Crippen molar-refractivity contribution in [2.75, 3.05) is 33.8 Å². The van der Waals surface area contributed by atoms with Crippen LogP contribution in [0.2, 0.25) is 0 Å². The lowest BCUT2D eigenvalue weighted by atomic mass is 9.97. The Morgan fingerprint density at radius 2 is 1.76 bits per heavy atom. The van der Waals surface area contributed by atoms with E-state index in [1.54, 1.807) is 7.11 Å². The molecular formula is C14H32N2O. The normalized spacial score (nSPS) is 14.3. The number of methoxy groups -OCH3 is 1. The third kappa shape index (κ3) is 7.74. The lowest BCUT2D eigenvalue weighted by Crippen LogP contribution is -2.34. The van der Waals surface area contributed by atoms with Crippen molar-refractivity contribution in [3.05, 3.63) is 0 Å². The number of nitrogens with one attached hydrogen (secondary N) is 1. The van der Waals surface area contributed by atoms with E-state index in [1.165, 1.54) is 19.4 Å². The Labute approximate surface area is 108 Å². The Hall–Kier alpha value is -0.120. The van der Waals surface area contributed by atoms with Gasteiger partial charge in [-0.25, -0.2) is 0 Å². The van der Waals surface area contributed by atoms with Crippen LogP contribution in [0, 0.1) is 0 Å². The van der Waals surface area contributed by atoms with E-state index in [9.17, 15) is 0 Å². The van der Waals surface area contributed by atoms with Gasteiger partial charge in [0.05, 0.1) is 5.60 Å². The molecule has 0 aliphatic carbocycles. The molecule has 1 N–H and O–H groups in total. The zero-order valence-corrected chi connectivity index (χ0v) is 12.7. The molecule has 0 fully saturated rings. The summed E-state index contributed by atoms with van der Waals surface area (Å²) in [5.41, 5.74) is 0.00427. The number of nitrogens with zero attached hydrogens (tertiary/aromatic N) is 1. The van der Waals surface area contributed by atoms with Crippen LogP contribution in [-0.2, 0) is 4.74 Å². The van der Waals surface area contributed by atoms with Gasteiger partial charge in [-0.15, -0.1) is 0 Å². The highest BCUT2D eigenvalue weighted by Crippen LogP contribution is 2.17. The molecule has 0 aliphatic heterocycles. The van der Waals surface area contributed by atoms with Crippen LogP contribution in [0.15, 0.2) is 0 Å². The third-order valence-electron chi connectivity index (χ3n) is 3.74. The molecule has 3 heteroatoms. The fourth-order valence-corrected chi connectivity index (χ4v) is 1.94. The SMILES string of the molecule is CCN(CC)CCC(CCC(C)(C)OC)NC. The first-order chi connectivity index (χ1) is 7.99. The van der Waals surface area contributed by atoms with Crippen molar-refractivity contribution in [1.82, 2.24) is 10.2 Å². The van der Waals surface area contributed by atoms with Crippen molar-refractivity contribution in [1.29, 1.82) is 0 Å². The van der Waals surface area contributed by atoms with E-state index in [0.717, 1.165) is 19.5 Å². The zero-order chi connectivity index (χ0) is 13.3. The van der Waals surface area contributed by atoms with E-state index in [1.807, 2.05) is 0 Å². The molecule has 0 aliphatic rings. The summed E-state index contributed by atoms with van der Waals surface area (Å²) in [4.78, 5) is 2.48. The molecule has 0 radical (unpaired) electrons. The molecule has 17 heavy (non-hydrogen) atoms. The Morgan fingerprint density at radius 1 is 1.18 bits per heavy atom. The van der Waals surface area contributed by atoms with Gasteiger partial charge in [-0.2, -0.15) is 0 Å². The minimum absolute atomic E-state index is 0.00427. The summed E-state index contributed by atoms with van der Waals surface area (Å²) >= 11 is 0. The second kappa shape index (κ2) is 8.90. The van der Waals surface area contributed by atoms with Gasteiger partial charge in [0.25, 0.3) is 0 Å². The first-order valence-corrected chi connectivity index (χ1v) is 6.93. The molecule has 0 aromatic rings. The van der Waals surface area contributed by atoms with E-state index in [4.69, 9.17) is 4.74 Å². The van der Waals surface area contributed by atoms with Crippen molar-refractivity contribution in [3.63, 3.8) is 0 Å². The van der Waals surface area contributed by atoms with Gasteiger partial charge in [0.1, 0.15) is 0 Å². The number of ether oxygens (including phenoxy) is 1. The Bertz CT molecular complexity index is 179. The minimum atomic E-state index is 0.00427. The van der Waals surface area contributed by atoms with Crippen LogP contribution >= 0.6 is 0 Å². The van der Waals surface area contributed by atoms with Crippen molar-refractivity contribution >= 4 is 0 Å². The first kappa shape index (κ1) is 16.9. The molecule has 0 aromatic heterocycles. The lowest BCUT2D eigenvalue weighted by molar-refractivity contribution is 0.0115. The average molecular weight is 244 g/mol. The van der Waals surface area contributed by atoms with Crippen LogP contribution in [0.3, 0.4) is 0 Å². The predicted molar refractivity (Wildman–Crippen MR) is 75.6 cm³/mol. The van der Waals surface area contributed by atoms with Crippen LogP contribution in [-0.4, -0.2) is 50.3 Å². The highest BCUT2D eigenvalue weighted by molar-refractivity contribution is 4.74. The minimum Gasteiger partial charge on any atom is -0.379 e. The second-order valence-corrected chi connectivity index (χ2v) is 5.30. The average Bonchev–Trinajstić information content (AvgIpc) is 2.34. The summed E-state index contributed by atoms with van der Waals surface area (Å²) in [6.07, 6.45) is 3.50.